The summed E-state index contributed by atoms with van der Waals surface area (Å²) in [5, 5.41) is 12.0. The van der Waals surface area contributed by atoms with Crippen LogP contribution in [0.1, 0.15) is 65.3 Å². The number of rotatable bonds is 1. The molecule has 1 saturated heterocycles. The number of nitrogens with zero attached hydrogens (tertiary/aromatic N) is 4. The van der Waals surface area contributed by atoms with Gasteiger partial charge in [-0.2, -0.15) is 0 Å². The van der Waals surface area contributed by atoms with Gasteiger partial charge in [0.1, 0.15) is 23.2 Å². The van der Waals surface area contributed by atoms with Gasteiger partial charge in [-0.3, -0.25) is 4.90 Å². The molecule has 8 heteroatoms. The summed E-state index contributed by atoms with van der Waals surface area (Å²) >= 11 is 0. The molecular formula is C16H27N5O3. The molecule has 1 amide bonds. The molecule has 134 valence electrons. The van der Waals surface area contributed by atoms with Crippen molar-refractivity contribution in [2.24, 2.45) is 0 Å². The third-order valence-electron chi connectivity index (χ3n) is 4.33. The molecule has 1 fully saturated rings. The number of aromatic nitrogens is 3. The molecule has 8 nitrogen and oxygen atoms in total. The van der Waals surface area contributed by atoms with Crippen molar-refractivity contribution in [2.45, 2.75) is 71.5 Å². The van der Waals surface area contributed by atoms with Crippen LogP contribution in [0.3, 0.4) is 0 Å². The Morgan fingerprint density at radius 2 is 2.08 bits per heavy atom. The molecule has 1 aromatic rings. The molecule has 0 radical (unpaired) electrons. The Morgan fingerprint density at radius 3 is 2.75 bits per heavy atom. The van der Waals surface area contributed by atoms with Crippen LogP contribution in [0.2, 0.25) is 0 Å². The number of hydrogen-bond donors (Lipinski definition) is 1. The summed E-state index contributed by atoms with van der Waals surface area (Å²) in [6, 6.07) is -0.0837. The number of hydrogen-bond acceptors (Lipinski definition) is 6. The van der Waals surface area contributed by atoms with Crippen LogP contribution in [-0.2, 0) is 16.0 Å². The van der Waals surface area contributed by atoms with Gasteiger partial charge in [-0.25, -0.2) is 4.79 Å². The second kappa shape index (κ2) is 5.70. The van der Waals surface area contributed by atoms with Crippen LogP contribution in [0.5, 0.6) is 0 Å². The SMILES string of the molecule is CC1CNCc2nnc(C3COC(C)(C)N3C(=O)OC(C)(C)C)n21. The Morgan fingerprint density at radius 1 is 1.38 bits per heavy atom. The van der Waals surface area contributed by atoms with Crippen molar-refractivity contribution in [3.63, 3.8) is 0 Å². The Labute approximate surface area is 142 Å². The first-order valence-corrected chi connectivity index (χ1v) is 8.41. The fraction of sp³-hybridized carbons (Fsp3) is 0.812. The van der Waals surface area contributed by atoms with E-state index in [-0.39, 0.29) is 12.1 Å². The summed E-state index contributed by atoms with van der Waals surface area (Å²) < 4.78 is 13.6. The van der Waals surface area contributed by atoms with Gasteiger partial charge in [-0.1, -0.05) is 0 Å². The summed E-state index contributed by atoms with van der Waals surface area (Å²) in [4.78, 5) is 14.4. The van der Waals surface area contributed by atoms with Crippen LogP contribution in [-0.4, -0.2) is 50.2 Å². The highest BCUT2D eigenvalue weighted by Gasteiger charge is 2.48. The number of nitrogens with one attached hydrogen (secondary N) is 1. The van der Waals surface area contributed by atoms with Crippen molar-refractivity contribution in [1.82, 2.24) is 25.0 Å². The van der Waals surface area contributed by atoms with E-state index in [0.29, 0.717) is 13.2 Å². The average Bonchev–Trinajstić information content (AvgIpc) is 2.98. The van der Waals surface area contributed by atoms with Crippen molar-refractivity contribution in [3.05, 3.63) is 11.6 Å². The topological polar surface area (TPSA) is 81.5 Å². The molecule has 2 atom stereocenters. The molecule has 1 N–H and O–H groups in total. The quantitative estimate of drug-likeness (QED) is 0.844. The van der Waals surface area contributed by atoms with Crippen molar-refractivity contribution in [2.75, 3.05) is 13.2 Å². The van der Waals surface area contributed by atoms with E-state index in [0.717, 1.165) is 18.2 Å². The van der Waals surface area contributed by atoms with Gasteiger partial charge >= 0.3 is 6.09 Å². The summed E-state index contributed by atoms with van der Waals surface area (Å²) in [6.07, 6.45) is -0.395. The van der Waals surface area contributed by atoms with Crippen molar-refractivity contribution in [3.8, 4) is 0 Å². The fourth-order valence-corrected chi connectivity index (χ4v) is 3.30. The molecule has 24 heavy (non-hydrogen) atoms. The highest BCUT2D eigenvalue weighted by Crippen LogP contribution is 2.38. The first-order chi connectivity index (χ1) is 11.1. The van der Waals surface area contributed by atoms with Crippen LogP contribution < -0.4 is 5.32 Å². The summed E-state index contributed by atoms with van der Waals surface area (Å²) in [5.74, 6) is 1.65. The van der Waals surface area contributed by atoms with Crippen LogP contribution in [0.15, 0.2) is 0 Å². The number of ether oxygens (including phenoxy) is 2. The van der Waals surface area contributed by atoms with E-state index in [9.17, 15) is 4.79 Å². The third-order valence-corrected chi connectivity index (χ3v) is 4.33. The Bertz CT molecular complexity index is 634. The molecule has 3 heterocycles. The molecule has 2 aliphatic rings. The van der Waals surface area contributed by atoms with Crippen LogP contribution in [0, 0.1) is 0 Å². The van der Waals surface area contributed by atoms with Crippen LogP contribution in [0.4, 0.5) is 4.79 Å². The maximum absolute atomic E-state index is 12.8. The standard InChI is InChI=1S/C16H27N5O3/c1-10-7-17-8-12-18-19-13(20(10)12)11-9-23-16(5,6)21(11)14(22)24-15(2,3)4/h10-11,17H,7-9H2,1-6H3. The lowest BCUT2D eigenvalue weighted by Gasteiger charge is -2.35. The van der Waals surface area contributed by atoms with Gasteiger partial charge < -0.3 is 19.4 Å². The Kier molecular flexibility index (Phi) is 4.08. The largest absolute Gasteiger partial charge is 0.444 e. The van der Waals surface area contributed by atoms with E-state index in [1.807, 2.05) is 34.6 Å². The predicted octanol–water partition coefficient (Wildman–Crippen LogP) is 1.99. The lowest BCUT2D eigenvalue weighted by atomic mass is 10.1. The first kappa shape index (κ1) is 17.2. The normalized spacial score (nSPS) is 26.3. The smallest absolute Gasteiger partial charge is 0.413 e. The third kappa shape index (κ3) is 3.00. The van der Waals surface area contributed by atoms with Gasteiger partial charge in [0.25, 0.3) is 0 Å². The lowest BCUT2D eigenvalue weighted by Crippen LogP contribution is -2.47. The van der Waals surface area contributed by atoms with E-state index < -0.39 is 17.4 Å². The lowest BCUT2D eigenvalue weighted by molar-refractivity contribution is -0.0630. The van der Waals surface area contributed by atoms with E-state index in [2.05, 4.69) is 27.0 Å². The van der Waals surface area contributed by atoms with E-state index in [4.69, 9.17) is 9.47 Å². The van der Waals surface area contributed by atoms with E-state index in [1.165, 1.54) is 0 Å². The molecule has 1 aromatic heterocycles. The molecule has 0 saturated carbocycles. The second-order valence-electron chi connectivity index (χ2n) is 7.95. The molecule has 0 aliphatic carbocycles. The van der Waals surface area contributed by atoms with Crippen LogP contribution in [0.25, 0.3) is 0 Å². The molecule has 0 aromatic carbocycles. The number of fused-ring (bicyclic) bond motifs is 1. The number of carbonyl (C=O) groups excluding carboxylic acids is 1. The maximum Gasteiger partial charge on any atom is 0.413 e. The minimum atomic E-state index is -0.754. The van der Waals surface area contributed by atoms with Gasteiger partial charge in [-0.05, 0) is 41.5 Å². The van der Waals surface area contributed by atoms with Crippen molar-refractivity contribution >= 4 is 6.09 Å². The first-order valence-electron chi connectivity index (χ1n) is 8.41. The highest BCUT2D eigenvalue weighted by atomic mass is 16.6. The zero-order chi connectivity index (χ0) is 17.7. The number of carbonyl (C=O) groups is 1. The zero-order valence-electron chi connectivity index (χ0n) is 15.3. The Balaban J connectivity index is 1.95. The summed E-state index contributed by atoms with van der Waals surface area (Å²) in [7, 11) is 0. The van der Waals surface area contributed by atoms with Crippen LogP contribution >= 0.6 is 0 Å². The zero-order valence-corrected chi connectivity index (χ0v) is 15.3. The highest BCUT2D eigenvalue weighted by molar-refractivity contribution is 5.70. The second-order valence-corrected chi connectivity index (χ2v) is 7.95. The van der Waals surface area contributed by atoms with Gasteiger partial charge in [-0.15, -0.1) is 10.2 Å². The van der Waals surface area contributed by atoms with E-state index in [1.54, 1.807) is 4.90 Å². The van der Waals surface area contributed by atoms with Gasteiger partial charge in [0.2, 0.25) is 0 Å². The number of amides is 1. The predicted molar refractivity (Wildman–Crippen MR) is 87.3 cm³/mol. The molecule has 0 spiro atoms. The van der Waals surface area contributed by atoms with Gasteiger partial charge in [0, 0.05) is 12.6 Å². The fourth-order valence-electron chi connectivity index (χ4n) is 3.30. The van der Waals surface area contributed by atoms with Crippen molar-refractivity contribution in [1.29, 1.82) is 0 Å². The maximum atomic E-state index is 12.8. The molecule has 0 bridgehead atoms. The minimum absolute atomic E-state index is 0.225. The van der Waals surface area contributed by atoms with E-state index >= 15 is 0 Å². The molecular weight excluding hydrogens is 310 g/mol. The minimum Gasteiger partial charge on any atom is -0.444 e. The average molecular weight is 337 g/mol. The summed E-state index contributed by atoms with van der Waals surface area (Å²) in [6.45, 7) is 13.3. The van der Waals surface area contributed by atoms with Gasteiger partial charge in [0.15, 0.2) is 5.82 Å². The van der Waals surface area contributed by atoms with Gasteiger partial charge in [0.05, 0.1) is 13.2 Å². The summed E-state index contributed by atoms with van der Waals surface area (Å²) in [5.41, 5.74) is -1.32. The monoisotopic (exact) mass is 337 g/mol. The molecule has 3 rings (SSSR count). The molecule has 2 unspecified atom stereocenters. The van der Waals surface area contributed by atoms with Crippen molar-refractivity contribution < 1.29 is 14.3 Å². The Hall–Kier alpha value is -1.67. The molecule has 2 aliphatic heterocycles.